The fourth-order valence-electron chi connectivity index (χ4n) is 1.78. The number of hydrogen-bond acceptors (Lipinski definition) is 2. The third-order valence-corrected chi connectivity index (χ3v) is 3.02. The zero-order valence-electron chi connectivity index (χ0n) is 13.1. The molecule has 0 saturated carbocycles. The predicted molar refractivity (Wildman–Crippen MR) is 80.9 cm³/mol. The van der Waals surface area contributed by atoms with Crippen molar-refractivity contribution in [3.8, 4) is 0 Å². The maximum absolute atomic E-state index is 8.42. The van der Waals surface area contributed by atoms with E-state index in [0.29, 0.717) is 13.2 Å². The molecule has 0 atom stereocenters. The first-order chi connectivity index (χ1) is 8.83. The van der Waals surface area contributed by atoms with Crippen LogP contribution in [-0.2, 0) is 16.8 Å². The molecular weight excluding hydrogens is 283 g/mol. The first-order valence-electron chi connectivity index (χ1n) is 8.05. The third-order valence-electron chi connectivity index (χ3n) is 3.02. The number of unbranched alkanes of at least 4 members (excludes halogenated alkanes) is 10. The van der Waals surface area contributed by atoms with E-state index in [1.807, 2.05) is 0 Å². The summed E-state index contributed by atoms with van der Waals surface area (Å²) < 4.78 is 0. The Kier molecular flexibility index (Phi) is 34.6. The summed E-state index contributed by atoms with van der Waals surface area (Å²) in [6, 6.07) is 0. The Bertz CT molecular complexity index is 95.3. The summed E-state index contributed by atoms with van der Waals surface area (Å²) in [5, 5.41) is 16.8. The Morgan fingerprint density at radius 3 is 1.00 bits per heavy atom. The molecule has 0 aromatic rings. The van der Waals surface area contributed by atoms with Crippen LogP contribution in [-0.4, -0.2) is 23.4 Å². The summed E-state index contributed by atoms with van der Waals surface area (Å²) in [4.78, 5) is 0. The molecule has 0 amide bonds. The van der Waals surface area contributed by atoms with Gasteiger partial charge in [-0.05, 0) is 12.8 Å². The number of aliphatic hydroxyl groups excluding tert-OH is 2. The second-order valence-corrected chi connectivity index (χ2v) is 4.98. The Balaban J connectivity index is -0.000000256. The topological polar surface area (TPSA) is 40.5 Å². The van der Waals surface area contributed by atoms with Gasteiger partial charge in [-0.2, -0.15) is 0 Å². The second-order valence-electron chi connectivity index (χ2n) is 4.98. The normalized spacial score (nSPS) is 9.47. The molecule has 0 aliphatic carbocycles. The van der Waals surface area contributed by atoms with Gasteiger partial charge < -0.3 is 10.2 Å². The van der Waals surface area contributed by atoms with E-state index < -0.39 is 0 Å². The molecule has 0 aliphatic heterocycles. The van der Waals surface area contributed by atoms with E-state index in [0.717, 1.165) is 12.8 Å². The molecule has 0 aliphatic rings. The van der Waals surface area contributed by atoms with Gasteiger partial charge in [0.2, 0.25) is 0 Å². The quantitative estimate of drug-likeness (QED) is 0.513. The summed E-state index contributed by atoms with van der Waals surface area (Å²) in [6.07, 6.45) is 15.0. The number of hydrogen-bond donors (Lipinski definition) is 2. The van der Waals surface area contributed by atoms with Crippen LogP contribution in [0.2, 0.25) is 0 Å². The molecule has 1 radical (unpaired) electrons. The Morgan fingerprint density at radius 2 is 0.737 bits per heavy atom. The summed E-state index contributed by atoms with van der Waals surface area (Å²) in [5.41, 5.74) is 0. The van der Waals surface area contributed by atoms with Crippen molar-refractivity contribution in [2.75, 3.05) is 13.2 Å². The average molecular weight is 319 g/mol. The van der Waals surface area contributed by atoms with Crippen LogP contribution in [0, 0.1) is 0 Å². The summed E-state index contributed by atoms with van der Waals surface area (Å²) in [6.45, 7) is 5.16. The first-order valence-corrected chi connectivity index (χ1v) is 8.05. The molecule has 0 aromatic carbocycles. The van der Waals surface area contributed by atoms with Crippen LogP contribution in [0.1, 0.15) is 90.9 Å². The molecular formula is C16H36CoO2. The first kappa shape index (κ1) is 24.4. The Labute approximate surface area is 131 Å². The zero-order chi connectivity index (χ0) is 13.9. The minimum atomic E-state index is 0. The fourth-order valence-corrected chi connectivity index (χ4v) is 1.78. The van der Waals surface area contributed by atoms with Gasteiger partial charge in [0.15, 0.2) is 0 Å². The van der Waals surface area contributed by atoms with Crippen molar-refractivity contribution in [1.82, 2.24) is 0 Å². The average Bonchev–Trinajstić information content (AvgIpc) is 2.39. The van der Waals surface area contributed by atoms with E-state index in [1.54, 1.807) is 0 Å². The van der Waals surface area contributed by atoms with Gasteiger partial charge in [-0.1, -0.05) is 78.1 Å². The van der Waals surface area contributed by atoms with Crippen LogP contribution in [0.15, 0.2) is 0 Å². The molecule has 0 rings (SSSR count). The van der Waals surface area contributed by atoms with Gasteiger partial charge >= 0.3 is 0 Å². The molecule has 0 unspecified atom stereocenters. The second kappa shape index (κ2) is 26.9. The minimum Gasteiger partial charge on any atom is -0.396 e. The summed E-state index contributed by atoms with van der Waals surface area (Å²) in [7, 11) is 0. The maximum Gasteiger partial charge on any atom is 0.0431 e. The standard InChI is InChI=1S/2C8H18O.Co/c2*1-2-3-4-5-6-7-8-9;/h2*9H,2-8H2,1H3;. The van der Waals surface area contributed by atoms with Crippen LogP contribution in [0.25, 0.3) is 0 Å². The molecule has 0 spiro atoms. The molecule has 0 fully saturated rings. The van der Waals surface area contributed by atoms with Crippen molar-refractivity contribution in [3.63, 3.8) is 0 Å². The van der Waals surface area contributed by atoms with E-state index in [2.05, 4.69) is 13.8 Å². The monoisotopic (exact) mass is 319 g/mol. The van der Waals surface area contributed by atoms with Gasteiger partial charge in [-0.25, -0.2) is 0 Å². The number of aliphatic hydroxyl groups is 2. The fraction of sp³-hybridized carbons (Fsp3) is 1.00. The van der Waals surface area contributed by atoms with Gasteiger partial charge in [0.25, 0.3) is 0 Å². The number of rotatable bonds is 12. The van der Waals surface area contributed by atoms with Gasteiger partial charge in [0.05, 0.1) is 0 Å². The molecule has 2 nitrogen and oxygen atoms in total. The van der Waals surface area contributed by atoms with Crippen molar-refractivity contribution in [3.05, 3.63) is 0 Å². The summed E-state index contributed by atoms with van der Waals surface area (Å²) in [5.74, 6) is 0. The van der Waals surface area contributed by atoms with Gasteiger partial charge in [0, 0.05) is 30.0 Å². The molecule has 121 valence electrons. The van der Waals surface area contributed by atoms with Crippen molar-refractivity contribution in [2.45, 2.75) is 90.9 Å². The smallest absolute Gasteiger partial charge is 0.0431 e. The molecule has 2 N–H and O–H groups in total. The summed E-state index contributed by atoms with van der Waals surface area (Å²) >= 11 is 0. The molecule has 0 bridgehead atoms. The van der Waals surface area contributed by atoms with E-state index >= 15 is 0 Å². The molecule has 3 heteroatoms. The molecule has 0 heterocycles. The van der Waals surface area contributed by atoms with Crippen molar-refractivity contribution >= 4 is 0 Å². The van der Waals surface area contributed by atoms with Gasteiger partial charge in [-0.3, -0.25) is 0 Å². The Hall–Kier alpha value is 0.426. The van der Waals surface area contributed by atoms with E-state index in [-0.39, 0.29) is 16.8 Å². The van der Waals surface area contributed by atoms with Crippen molar-refractivity contribution in [2.24, 2.45) is 0 Å². The molecule has 0 aromatic heterocycles. The van der Waals surface area contributed by atoms with Gasteiger partial charge in [0.1, 0.15) is 0 Å². The van der Waals surface area contributed by atoms with Crippen LogP contribution in [0.3, 0.4) is 0 Å². The van der Waals surface area contributed by atoms with Crippen molar-refractivity contribution < 1.29 is 27.0 Å². The van der Waals surface area contributed by atoms with Crippen LogP contribution >= 0.6 is 0 Å². The van der Waals surface area contributed by atoms with Crippen LogP contribution in [0.5, 0.6) is 0 Å². The van der Waals surface area contributed by atoms with E-state index in [4.69, 9.17) is 10.2 Å². The largest absolute Gasteiger partial charge is 0.396 e. The predicted octanol–water partition coefficient (Wildman–Crippen LogP) is 4.68. The Morgan fingerprint density at radius 1 is 0.474 bits per heavy atom. The van der Waals surface area contributed by atoms with Crippen molar-refractivity contribution in [1.29, 1.82) is 0 Å². The molecule has 0 saturated heterocycles. The van der Waals surface area contributed by atoms with E-state index in [1.165, 1.54) is 64.2 Å². The SMILES string of the molecule is CCCCCCCCO.CCCCCCCCO.[Co]. The third kappa shape index (κ3) is 32.2. The van der Waals surface area contributed by atoms with Crippen LogP contribution in [0.4, 0.5) is 0 Å². The maximum atomic E-state index is 8.42. The zero-order valence-corrected chi connectivity index (χ0v) is 14.2. The van der Waals surface area contributed by atoms with Gasteiger partial charge in [-0.15, -0.1) is 0 Å². The minimum absolute atomic E-state index is 0. The van der Waals surface area contributed by atoms with Crippen LogP contribution < -0.4 is 0 Å². The molecule has 19 heavy (non-hydrogen) atoms. The van der Waals surface area contributed by atoms with E-state index in [9.17, 15) is 0 Å².